The van der Waals surface area contributed by atoms with Crippen molar-refractivity contribution in [3.8, 4) is 0 Å². The summed E-state index contributed by atoms with van der Waals surface area (Å²) in [5.41, 5.74) is 7.06. The first-order valence-electron chi connectivity index (χ1n) is 7.32. The monoisotopic (exact) mass is 376 g/mol. The van der Waals surface area contributed by atoms with Gasteiger partial charge < -0.3 is 5.73 Å². The van der Waals surface area contributed by atoms with Gasteiger partial charge in [0.1, 0.15) is 0 Å². The topological polar surface area (TPSA) is 29.3 Å². The fourth-order valence-electron chi connectivity index (χ4n) is 2.43. The summed E-state index contributed by atoms with van der Waals surface area (Å²) in [5.74, 6) is 0. The summed E-state index contributed by atoms with van der Waals surface area (Å²) in [6, 6.07) is 3.91. The Morgan fingerprint density at radius 3 is 2.67 bits per heavy atom. The highest BCUT2D eigenvalue weighted by atomic mass is 79.9. The molecule has 0 aliphatic heterocycles. The molecule has 0 spiro atoms. The second-order valence-corrected chi connectivity index (χ2v) is 6.63. The molecule has 1 saturated carbocycles. The van der Waals surface area contributed by atoms with Crippen molar-refractivity contribution in [2.75, 3.05) is 12.8 Å². The van der Waals surface area contributed by atoms with Crippen LogP contribution in [-0.2, 0) is 6.50 Å². The van der Waals surface area contributed by atoms with Gasteiger partial charge >= 0.3 is 0 Å². The summed E-state index contributed by atoms with van der Waals surface area (Å²) < 4.78 is 18.6. The number of nitrogens with zero attached hydrogens (tertiary/aromatic N) is 1. The molecular formula is C14H20Br2N2. The van der Waals surface area contributed by atoms with Gasteiger partial charge in [-0.3, -0.25) is 4.90 Å². The summed E-state index contributed by atoms with van der Waals surface area (Å²) in [4.78, 5) is 1.84. The van der Waals surface area contributed by atoms with E-state index in [4.69, 9.17) is 8.48 Å². The molecule has 2 N–H and O–H groups in total. The Balaban J connectivity index is 2.33. The van der Waals surface area contributed by atoms with Crippen molar-refractivity contribution in [2.24, 2.45) is 0 Å². The van der Waals surface area contributed by atoms with Gasteiger partial charge in [-0.2, -0.15) is 0 Å². The van der Waals surface area contributed by atoms with Crippen LogP contribution in [0.15, 0.2) is 21.1 Å². The van der Waals surface area contributed by atoms with Crippen LogP contribution < -0.4 is 5.73 Å². The molecule has 0 radical (unpaired) electrons. The van der Waals surface area contributed by atoms with Crippen LogP contribution in [0.25, 0.3) is 0 Å². The van der Waals surface area contributed by atoms with Crippen LogP contribution in [0.3, 0.4) is 0 Å². The molecule has 1 fully saturated rings. The molecule has 2 nitrogen and oxygen atoms in total. The van der Waals surface area contributed by atoms with Crippen molar-refractivity contribution in [2.45, 2.75) is 44.6 Å². The Bertz CT molecular complexity index is 488. The zero-order chi connectivity index (χ0) is 14.9. The van der Waals surface area contributed by atoms with E-state index in [0.29, 0.717) is 11.3 Å². The first-order valence-corrected chi connectivity index (χ1v) is 7.90. The van der Waals surface area contributed by atoms with Crippen molar-refractivity contribution in [3.05, 3.63) is 26.6 Å². The van der Waals surface area contributed by atoms with Crippen LogP contribution in [0, 0.1) is 0 Å². The number of nitrogen functional groups attached to an aromatic ring is 1. The highest BCUT2D eigenvalue weighted by Gasteiger charge is 2.19. The highest BCUT2D eigenvalue weighted by Crippen LogP contribution is 2.30. The van der Waals surface area contributed by atoms with E-state index in [1.807, 2.05) is 18.0 Å². The fraction of sp³-hybridized carbons (Fsp3) is 0.571. The molecule has 1 aliphatic rings. The number of hydrogen-bond donors (Lipinski definition) is 1. The molecule has 0 unspecified atom stereocenters. The van der Waals surface area contributed by atoms with Crippen molar-refractivity contribution < 1.29 is 2.74 Å². The molecule has 0 amide bonds. The second-order valence-electron chi connectivity index (χ2n) is 4.86. The minimum atomic E-state index is -1.57. The Kier molecular flexibility index (Phi) is 4.17. The lowest BCUT2D eigenvalue weighted by molar-refractivity contribution is 0.185. The molecule has 2 rings (SSSR count). The molecule has 1 aromatic carbocycles. The number of nitrogens with two attached hydrogens (primary N) is 1. The van der Waals surface area contributed by atoms with Crippen LogP contribution in [0.2, 0.25) is 0 Å². The van der Waals surface area contributed by atoms with E-state index in [-0.39, 0.29) is 6.04 Å². The van der Waals surface area contributed by atoms with Gasteiger partial charge in [-0.05, 0) is 53.5 Å². The third-order valence-electron chi connectivity index (χ3n) is 3.51. The van der Waals surface area contributed by atoms with Gasteiger partial charge in [0.2, 0.25) is 0 Å². The van der Waals surface area contributed by atoms with Crippen LogP contribution in [-0.4, -0.2) is 18.0 Å². The third kappa shape index (κ3) is 3.49. The number of anilines is 1. The maximum atomic E-state index is 8.51. The lowest BCUT2D eigenvalue weighted by Crippen LogP contribution is -2.33. The summed E-state index contributed by atoms with van der Waals surface area (Å²) in [6.07, 6.45) is 5.75. The number of halogens is 2. The largest absolute Gasteiger partial charge is 0.398 e. The third-order valence-corrected chi connectivity index (χ3v) is 4.63. The Morgan fingerprint density at radius 2 is 2.00 bits per heavy atom. The molecule has 4 heteroatoms. The predicted octanol–water partition coefficient (Wildman–Crippen LogP) is 4.56. The average molecular weight is 378 g/mol. The first-order chi connectivity index (χ1) is 9.34. The molecule has 18 heavy (non-hydrogen) atoms. The first kappa shape index (κ1) is 11.7. The SMILES string of the molecule is [2H]C([2H])(c1cc(Br)cc(Br)c1N)N(C)C1CCCCC1. The standard InChI is InChI=1S/C14H20Br2N2/c1-18(12-5-3-2-4-6-12)9-10-7-11(15)8-13(16)14(10)17/h7-8,12H,2-6,9,17H2,1H3/i9D2. The number of hydrogen-bond acceptors (Lipinski definition) is 2. The Hall–Kier alpha value is -0.0600. The second kappa shape index (κ2) is 6.40. The van der Waals surface area contributed by atoms with Crippen molar-refractivity contribution in [3.63, 3.8) is 0 Å². The molecule has 0 heterocycles. The van der Waals surface area contributed by atoms with E-state index in [1.165, 1.54) is 19.3 Å². The van der Waals surface area contributed by atoms with E-state index in [0.717, 1.165) is 21.8 Å². The van der Waals surface area contributed by atoms with Gasteiger partial charge in [-0.1, -0.05) is 35.2 Å². The average Bonchev–Trinajstić information content (AvgIpc) is 2.42. The zero-order valence-electron chi connectivity index (χ0n) is 12.5. The van der Waals surface area contributed by atoms with Crippen molar-refractivity contribution in [1.29, 1.82) is 0 Å². The minimum absolute atomic E-state index is 0.288. The van der Waals surface area contributed by atoms with Gasteiger partial charge in [-0.25, -0.2) is 0 Å². The van der Waals surface area contributed by atoms with Crippen LogP contribution in [0.4, 0.5) is 5.69 Å². The van der Waals surface area contributed by atoms with Crippen LogP contribution in [0.1, 0.15) is 40.4 Å². The van der Waals surface area contributed by atoms with Gasteiger partial charge in [0.15, 0.2) is 0 Å². The van der Waals surface area contributed by atoms with E-state index < -0.39 is 6.50 Å². The molecule has 0 atom stereocenters. The summed E-state index contributed by atoms with van der Waals surface area (Å²) in [5, 5.41) is 0. The molecule has 1 aliphatic carbocycles. The molecule has 0 saturated heterocycles. The quantitative estimate of drug-likeness (QED) is 0.782. The lowest BCUT2D eigenvalue weighted by atomic mass is 9.94. The van der Waals surface area contributed by atoms with Crippen LogP contribution in [0.5, 0.6) is 0 Å². The normalized spacial score (nSPS) is 19.8. The zero-order valence-corrected chi connectivity index (χ0v) is 13.7. The highest BCUT2D eigenvalue weighted by molar-refractivity contribution is 9.11. The number of rotatable bonds is 3. The van der Waals surface area contributed by atoms with Crippen molar-refractivity contribution >= 4 is 37.5 Å². The number of benzene rings is 1. The molecular weight excluding hydrogens is 356 g/mol. The van der Waals surface area contributed by atoms with Gasteiger partial charge in [0.05, 0.1) is 5.69 Å². The minimum Gasteiger partial charge on any atom is -0.398 e. The molecule has 1 aromatic rings. The maximum Gasteiger partial charge on any atom is 0.0504 e. The van der Waals surface area contributed by atoms with Crippen LogP contribution >= 0.6 is 31.9 Å². The molecule has 0 bridgehead atoms. The summed E-state index contributed by atoms with van der Waals surface area (Å²) in [7, 11) is 1.87. The van der Waals surface area contributed by atoms with E-state index in [2.05, 4.69) is 31.9 Å². The van der Waals surface area contributed by atoms with Gasteiger partial charge in [0.25, 0.3) is 0 Å². The molecule has 100 valence electrons. The Morgan fingerprint density at radius 1 is 1.33 bits per heavy atom. The fourth-order valence-corrected chi connectivity index (χ4v) is 3.65. The summed E-state index contributed by atoms with van der Waals surface area (Å²) >= 11 is 6.81. The van der Waals surface area contributed by atoms with E-state index >= 15 is 0 Å². The summed E-state index contributed by atoms with van der Waals surface area (Å²) in [6.45, 7) is -1.57. The van der Waals surface area contributed by atoms with Gasteiger partial charge in [-0.15, -0.1) is 0 Å². The predicted molar refractivity (Wildman–Crippen MR) is 84.6 cm³/mol. The lowest BCUT2D eigenvalue weighted by Gasteiger charge is -2.31. The Labute approximate surface area is 129 Å². The van der Waals surface area contributed by atoms with Gasteiger partial charge in [0, 0.05) is 24.2 Å². The van der Waals surface area contributed by atoms with E-state index in [1.54, 1.807) is 6.07 Å². The van der Waals surface area contributed by atoms with Crippen molar-refractivity contribution in [1.82, 2.24) is 4.90 Å². The maximum absolute atomic E-state index is 8.51. The van der Waals surface area contributed by atoms with E-state index in [9.17, 15) is 0 Å². The molecule has 0 aromatic heterocycles. The smallest absolute Gasteiger partial charge is 0.0504 e.